The number of rotatable bonds is 9. The van der Waals surface area contributed by atoms with Gasteiger partial charge in [0.1, 0.15) is 11.3 Å². The predicted octanol–water partition coefficient (Wildman–Crippen LogP) is 6.21. The molecular weight excluding hydrogens is 326 g/mol. The fourth-order valence-corrected chi connectivity index (χ4v) is 3.22. The molecule has 0 aliphatic heterocycles. The Kier molecular flexibility index (Phi) is 6.78. The van der Waals surface area contributed by atoms with E-state index < -0.39 is 0 Å². The van der Waals surface area contributed by atoms with Crippen molar-refractivity contribution in [2.45, 2.75) is 58.4 Å². The Balaban J connectivity index is 2.03. The van der Waals surface area contributed by atoms with Gasteiger partial charge in [-0.25, -0.2) is 0 Å². The summed E-state index contributed by atoms with van der Waals surface area (Å²) in [6.45, 7) is 5.38. The lowest BCUT2D eigenvalue weighted by molar-refractivity contribution is 0.402. The summed E-state index contributed by atoms with van der Waals surface area (Å²) in [7, 11) is 0. The van der Waals surface area contributed by atoms with E-state index in [4.69, 9.17) is 4.42 Å². The zero-order valence-corrected chi connectivity index (χ0v) is 14.7. The van der Waals surface area contributed by atoms with Gasteiger partial charge in [0.05, 0.1) is 10.5 Å². The van der Waals surface area contributed by atoms with E-state index in [2.05, 4.69) is 53.3 Å². The Morgan fingerprint density at radius 3 is 2.67 bits per heavy atom. The van der Waals surface area contributed by atoms with Crippen molar-refractivity contribution in [2.75, 3.05) is 6.54 Å². The molecule has 0 fully saturated rings. The van der Waals surface area contributed by atoms with Crippen molar-refractivity contribution in [3.05, 3.63) is 34.5 Å². The van der Waals surface area contributed by atoms with Crippen LogP contribution >= 0.6 is 15.9 Å². The lowest BCUT2D eigenvalue weighted by Gasteiger charge is -2.15. The summed E-state index contributed by atoms with van der Waals surface area (Å²) in [5.74, 6) is 1.06. The topological polar surface area (TPSA) is 25.2 Å². The van der Waals surface area contributed by atoms with Gasteiger partial charge in [0, 0.05) is 5.39 Å². The highest BCUT2D eigenvalue weighted by molar-refractivity contribution is 9.10. The predicted molar refractivity (Wildman–Crippen MR) is 93.7 cm³/mol. The third-order valence-electron chi connectivity index (χ3n) is 3.91. The molecular formula is C18H26BrNO. The molecule has 1 heterocycles. The normalized spacial score (nSPS) is 12.9. The highest BCUT2D eigenvalue weighted by atomic mass is 79.9. The number of unbranched alkanes of at least 4 members (excludes halogenated alkanes) is 4. The van der Waals surface area contributed by atoms with Gasteiger partial charge in [0.15, 0.2) is 0 Å². The zero-order chi connectivity index (χ0) is 15.1. The van der Waals surface area contributed by atoms with Crippen LogP contribution in [0, 0.1) is 0 Å². The molecule has 1 aromatic carbocycles. The van der Waals surface area contributed by atoms with Crippen LogP contribution in [0.5, 0.6) is 0 Å². The van der Waals surface area contributed by atoms with Crippen molar-refractivity contribution >= 4 is 26.9 Å². The average Bonchev–Trinajstić information content (AvgIpc) is 2.91. The summed E-state index contributed by atoms with van der Waals surface area (Å²) >= 11 is 3.57. The van der Waals surface area contributed by atoms with Crippen LogP contribution in [0.4, 0.5) is 0 Å². The molecule has 0 aliphatic carbocycles. The SMILES string of the molecule is CCCCCCCC(NCC)c1cc2cccc(Br)c2o1. The highest BCUT2D eigenvalue weighted by Crippen LogP contribution is 2.31. The van der Waals surface area contributed by atoms with Crippen LogP contribution in [0.1, 0.15) is 64.2 Å². The van der Waals surface area contributed by atoms with Crippen molar-refractivity contribution < 1.29 is 4.42 Å². The first kappa shape index (κ1) is 16.6. The number of benzene rings is 1. The number of nitrogens with one attached hydrogen (secondary N) is 1. The van der Waals surface area contributed by atoms with Gasteiger partial charge >= 0.3 is 0 Å². The van der Waals surface area contributed by atoms with Crippen molar-refractivity contribution in [2.24, 2.45) is 0 Å². The number of furan rings is 1. The van der Waals surface area contributed by atoms with E-state index >= 15 is 0 Å². The van der Waals surface area contributed by atoms with Crippen molar-refractivity contribution in [1.82, 2.24) is 5.32 Å². The molecule has 0 amide bonds. The summed E-state index contributed by atoms with van der Waals surface area (Å²) in [4.78, 5) is 0. The van der Waals surface area contributed by atoms with Gasteiger partial charge in [-0.1, -0.05) is 58.1 Å². The van der Waals surface area contributed by atoms with Gasteiger partial charge in [-0.05, 0) is 41.0 Å². The molecule has 0 radical (unpaired) electrons. The molecule has 2 aromatic rings. The maximum atomic E-state index is 6.08. The van der Waals surface area contributed by atoms with Crippen LogP contribution in [0.2, 0.25) is 0 Å². The molecule has 1 atom stereocenters. The second kappa shape index (κ2) is 8.60. The minimum atomic E-state index is 0.330. The molecule has 1 unspecified atom stereocenters. The van der Waals surface area contributed by atoms with Crippen LogP contribution in [0.15, 0.2) is 33.2 Å². The van der Waals surface area contributed by atoms with E-state index in [0.717, 1.165) is 28.8 Å². The first-order chi connectivity index (χ1) is 10.3. The Labute approximate surface area is 136 Å². The van der Waals surface area contributed by atoms with E-state index in [0.29, 0.717) is 6.04 Å². The number of para-hydroxylation sites is 1. The number of fused-ring (bicyclic) bond motifs is 1. The molecule has 2 nitrogen and oxygen atoms in total. The van der Waals surface area contributed by atoms with Crippen LogP contribution < -0.4 is 5.32 Å². The third kappa shape index (κ3) is 4.58. The van der Waals surface area contributed by atoms with Gasteiger partial charge < -0.3 is 9.73 Å². The molecule has 0 spiro atoms. The van der Waals surface area contributed by atoms with Crippen molar-refractivity contribution in [3.8, 4) is 0 Å². The minimum Gasteiger partial charge on any atom is -0.458 e. The van der Waals surface area contributed by atoms with Crippen LogP contribution in [-0.4, -0.2) is 6.54 Å². The van der Waals surface area contributed by atoms with Gasteiger partial charge in [-0.3, -0.25) is 0 Å². The Morgan fingerprint density at radius 2 is 1.95 bits per heavy atom. The van der Waals surface area contributed by atoms with E-state index in [9.17, 15) is 0 Å². The summed E-state index contributed by atoms with van der Waals surface area (Å²) in [6.07, 6.45) is 7.73. The molecule has 0 bridgehead atoms. The maximum Gasteiger partial charge on any atom is 0.148 e. The molecule has 1 N–H and O–H groups in total. The van der Waals surface area contributed by atoms with Crippen molar-refractivity contribution in [1.29, 1.82) is 0 Å². The number of hydrogen-bond acceptors (Lipinski definition) is 2. The zero-order valence-electron chi connectivity index (χ0n) is 13.1. The fraction of sp³-hybridized carbons (Fsp3) is 0.556. The quantitative estimate of drug-likeness (QED) is 0.543. The Morgan fingerprint density at radius 1 is 1.14 bits per heavy atom. The highest BCUT2D eigenvalue weighted by Gasteiger charge is 2.16. The van der Waals surface area contributed by atoms with Gasteiger partial charge in [0.25, 0.3) is 0 Å². The average molecular weight is 352 g/mol. The number of halogens is 1. The summed E-state index contributed by atoms with van der Waals surface area (Å²) < 4.78 is 7.11. The molecule has 1 aromatic heterocycles. The van der Waals surface area contributed by atoms with E-state index in [1.807, 2.05) is 6.07 Å². The first-order valence-corrected chi connectivity index (χ1v) is 8.96. The Hall–Kier alpha value is -0.800. The van der Waals surface area contributed by atoms with E-state index in [1.165, 1.54) is 37.5 Å². The molecule has 0 saturated heterocycles. The Bertz CT molecular complexity index is 549. The standard InChI is InChI=1S/C18H26BrNO/c1-3-5-6-7-8-12-16(20-4-2)17-13-14-10-9-11-15(19)18(14)21-17/h9-11,13,16,20H,3-8,12H2,1-2H3. The van der Waals surface area contributed by atoms with Gasteiger partial charge in [-0.15, -0.1) is 0 Å². The van der Waals surface area contributed by atoms with E-state index in [1.54, 1.807) is 0 Å². The lowest BCUT2D eigenvalue weighted by atomic mass is 10.0. The number of hydrogen-bond donors (Lipinski definition) is 1. The van der Waals surface area contributed by atoms with Crippen LogP contribution in [-0.2, 0) is 0 Å². The van der Waals surface area contributed by atoms with Crippen LogP contribution in [0.25, 0.3) is 11.0 Å². The van der Waals surface area contributed by atoms with Crippen molar-refractivity contribution in [3.63, 3.8) is 0 Å². The van der Waals surface area contributed by atoms with Gasteiger partial charge in [0.2, 0.25) is 0 Å². The minimum absolute atomic E-state index is 0.330. The molecule has 116 valence electrons. The third-order valence-corrected chi connectivity index (χ3v) is 4.53. The van der Waals surface area contributed by atoms with Gasteiger partial charge in [-0.2, -0.15) is 0 Å². The van der Waals surface area contributed by atoms with E-state index in [-0.39, 0.29) is 0 Å². The monoisotopic (exact) mass is 351 g/mol. The smallest absolute Gasteiger partial charge is 0.148 e. The molecule has 0 saturated carbocycles. The molecule has 3 heteroatoms. The molecule has 21 heavy (non-hydrogen) atoms. The second-order valence-corrected chi connectivity index (χ2v) is 6.47. The van der Waals surface area contributed by atoms with Crippen LogP contribution in [0.3, 0.4) is 0 Å². The first-order valence-electron chi connectivity index (χ1n) is 8.17. The molecule has 0 aliphatic rings. The lowest BCUT2D eigenvalue weighted by Crippen LogP contribution is -2.20. The summed E-state index contributed by atoms with van der Waals surface area (Å²) in [5, 5.41) is 4.74. The summed E-state index contributed by atoms with van der Waals surface area (Å²) in [6, 6.07) is 8.70. The fourth-order valence-electron chi connectivity index (χ4n) is 2.76. The maximum absolute atomic E-state index is 6.08. The largest absolute Gasteiger partial charge is 0.458 e. The summed E-state index contributed by atoms with van der Waals surface area (Å²) in [5.41, 5.74) is 0.960. The molecule has 2 rings (SSSR count). The second-order valence-electron chi connectivity index (χ2n) is 5.62.